The molecule has 0 aliphatic carbocycles. The summed E-state index contributed by atoms with van der Waals surface area (Å²) in [6, 6.07) is 9.61. The summed E-state index contributed by atoms with van der Waals surface area (Å²) >= 11 is 0. The highest BCUT2D eigenvalue weighted by Gasteiger charge is 2.27. The molecule has 1 amide bonds. The Morgan fingerprint density at radius 1 is 1.04 bits per heavy atom. The molecule has 5 rings (SSSR count). The molecule has 4 aromatic rings. The minimum atomic E-state index is -0.0119. The molecule has 7 nitrogen and oxygen atoms in total. The quantitative estimate of drug-likeness (QED) is 0.550. The smallest absolute Gasteiger partial charge is 0.256 e. The Bertz CT molecular complexity index is 1130. The first kappa shape index (κ1) is 15.9. The lowest BCUT2D eigenvalue weighted by Crippen LogP contribution is -2.40. The van der Waals surface area contributed by atoms with Crippen molar-refractivity contribution in [2.75, 3.05) is 26.3 Å². The Morgan fingerprint density at radius 2 is 1.85 bits per heavy atom. The Morgan fingerprint density at radius 3 is 2.67 bits per heavy atom. The molecule has 0 radical (unpaired) electrons. The molecular weight excluding hydrogens is 342 g/mol. The van der Waals surface area contributed by atoms with E-state index in [0.29, 0.717) is 31.9 Å². The van der Waals surface area contributed by atoms with Gasteiger partial charge in [-0.25, -0.2) is 9.97 Å². The fourth-order valence-electron chi connectivity index (χ4n) is 3.62. The maximum absolute atomic E-state index is 13.5. The average molecular weight is 359 g/mol. The van der Waals surface area contributed by atoms with Crippen LogP contribution in [0.3, 0.4) is 0 Å². The van der Waals surface area contributed by atoms with Crippen LogP contribution in [-0.4, -0.2) is 56.5 Å². The summed E-state index contributed by atoms with van der Waals surface area (Å²) in [5.74, 6) is -0.0119. The van der Waals surface area contributed by atoms with E-state index in [9.17, 15) is 4.79 Å². The van der Waals surface area contributed by atoms with Crippen LogP contribution in [0.25, 0.3) is 27.8 Å². The average Bonchev–Trinajstić information content (AvgIpc) is 3.09. The largest absolute Gasteiger partial charge is 0.378 e. The molecule has 4 aromatic heterocycles. The maximum atomic E-state index is 13.5. The van der Waals surface area contributed by atoms with Crippen LogP contribution in [-0.2, 0) is 4.74 Å². The Hall–Kier alpha value is -3.32. The number of hydrogen-bond acceptors (Lipinski definition) is 5. The van der Waals surface area contributed by atoms with E-state index in [1.54, 1.807) is 18.7 Å². The second-order valence-electron chi connectivity index (χ2n) is 6.39. The molecule has 1 saturated heterocycles. The summed E-state index contributed by atoms with van der Waals surface area (Å²) in [7, 11) is 0. The molecule has 0 N–H and O–H groups in total. The van der Waals surface area contributed by atoms with Gasteiger partial charge >= 0.3 is 0 Å². The highest BCUT2D eigenvalue weighted by atomic mass is 16.5. The van der Waals surface area contributed by atoms with Gasteiger partial charge in [0.25, 0.3) is 5.91 Å². The summed E-state index contributed by atoms with van der Waals surface area (Å²) in [6.07, 6.45) is 6.92. The van der Waals surface area contributed by atoms with Crippen LogP contribution in [0.1, 0.15) is 10.4 Å². The van der Waals surface area contributed by atoms with Crippen molar-refractivity contribution in [1.82, 2.24) is 24.3 Å². The van der Waals surface area contributed by atoms with Crippen molar-refractivity contribution in [3.8, 4) is 11.3 Å². The molecule has 0 bridgehead atoms. The van der Waals surface area contributed by atoms with Gasteiger partial charge in [-0.15, -0.1) is 0 Å². The predicted octanol–water partition coefficient (Wildman–Crippen LogP) is 2.42. The minimum absolute atomic E-state index is 0.0119. The van der Waals surface area contributed by atoms with Crippen molar-refractivity contribution in [3.05, 3.63) is 60.8 Å². The topological polar surface area (TPSA) is 72.6 Å². The normalized spacial score (nSPS) is 14.7. The number of aromatic nitrogens is 4. The van der Waals surface area contributed by atoms with Crippen LogP contribution in [0.5, 0.6) is 0 Å². The van der Waals surface area contributed by atoms with Crippen molar-refractivity contribution in [2.24, 2.45) is 0 Å². The lowest BCUT2D eigenvalue weighted by Gasteiger charge is -2.26. The predicted molar refractivity (Wildman–Crippen MR) is 100 cm³/mol. The minimum Gasteiger partial charge on any atom is -0.378 e. The van der Waals surface area contributed by atoms with Gasteiger partial charge in [-0.3, -0.25) is 9.78 Å². The number of morpholine rings is 1. The Kier molecular flexibility index (Phi) is 3.79. The number of amides is 1. The van der Waals surface area contributed by atoms with Gasteiger partial charge in [0.05, 0.1) is 35.4 Å². The van der Waals surface area contributed by atoms with Gasteiger partial charge in [-0.1, -0.05) is 6.07 Å². The van der Waals surface area contributed by atoms with Crippen molar-refractivity contribution in [1.29, 1.82) is 0 Å². The zero-order valence-corrected chi connectivity index (χ0v) is 14.6. The molecule has 1 fully saturated rings. The SMILES string of the molecule is O=C(c1c2c(-c3ccncc3)ncnc2n2ccccc12)N1CCOCC1. The molecule has 1 aliphatic heterocycles. The number of rotatable bonds is 2. The number of pyridine rings is 2. The third-order valence-electron chi connectivity index (χ3n) is 4.89. The van der Waals surface area contributed by atoms with E-state index in [4.69, 9.17) is 4.74 Å². The van der Waals surface area contributed by atoms with E-state index in [1.807, 2.05) is 45.8 Å². The second kappa shape index (κ2) is 6.44. The fraction of sp³-hybridized carbons (Fsp3) is 0.200. The van der Waals surface area contributed by atoms with Crippen LogP contribution >= 0.6 is 0 Å². The standard InChI is InChI=1S/C20H17N5O2/c26-20(24-9-11-27-12-10-24)16-15-3-1-2-8-25(15)19-17(16)18(22-13-23-19)14-4-6-21-7-5-14/h1-8,13H,9-12H2. The molecule has 0 unspecified atom stereocenters. The van der Waals surface area contributed by atoms with Gasteiger partial charge in [-0.05, 0) is 24.3 Å². The number of carbonyl (C=O) groups is 1. The van der Waals surface area contributed by atoms with E-state index in [0.717, 1.165) is 27.8 Å². The molecule has 0 aromatic carbocycles. The highest BCUT2D eigenvalue weighted by molar-refractivity contribution is 6.16. The summed E-state index contributed by atoms with van der Waals surface area (Å²) in [5.41, 5.74) is 3.84. The van der Waals surface area contributed by atoms with Crippen LogP contribution in [0.15, 0.2) is 55.2 Å². The highest BCUT2D eigenvalue weighted by Crippen LogP contribution is 2.33. The summed E-state index contributed by atoms with van der Waals surface area (Å²) in [6.45, 7) is 2.29. The Balaban J connectivity index is 1.82. The summed E-state index contributed by atoms with van der Waals surface area (Å²) < 4.78 is 7.36. The number of carbonyl (C=O) groups excluding carboxylic acids is 1. The van der Waals surface area contributed by atoms with Crippen LogP contribution in [0.2, 0.25) is 0 Å². The van der Waals surface area contributed by atoms with Gasteiger partial charge in [0.15, 0.2) is 0 Å². The van der Waals surface area contributed by atoms with Crippen LogP contribution < -0.4 is 0 Å². The van der Waals surface area contributed by atoms with E-state index in [-0.39, 0.29) is 5.91 Å². The van der Waals surface area contributed by atoms with Crippen molar-refractivity contribution < 1.29 is 9.53 Å². The molecule has 1 aliphatic rings. The third-order valence-corrected chi connectivity index (χ3v) is 4.89. The van der Waals surface area contributed by atoms with Crippen LogP contribution in [0.4, 0.5) is 0 Å². The monoisotopic (exact) mass is 359 g/mol. The maximum Gasteiger partial charge on any atom is 0.256 e. The lowest BCUT2D eigenvalue weighted by molar-refractivity contribution is 0.0305. The number of nitrogens with zero attached hydrogens (tertiary/aromatic N) is 5. The molecule has 0 spiro atoms. The zero-order valence-electron chi connectivity index (χ0n) is 14.6. The second-order valence-corrected chi connectivity index (χ2v) is 6.39. The van der Waals surface area contributed by atoms with E-state index < -0.39 is 0 Å². The molecule has 0 saturated carbocycles. The molecule has 27 heavy (non-hydrogen) atoms. The van der Waals surface area contributed by atoms with Gasteiger partial charge in [0, 0.05) is 37.2 Å². The molecule has 7 heteroatoms. The number of ether oxygens (including phenoxy) is 1. The van der Waals surface area contributed by atoms with Gasteiger partial charge < -0.3 is 14.0 Å². The molecular formula is C20H17N5O2. The summed E-state index contributed by atoms with van der Waals surface area (Å²) in [4.78, 5) is 28.4. The first-order valence-electron chi connectivity index (χ1n) is 8.86. The lowest BCUT2D eigenvalue weighted by atomic mass is 10.1. The number of fused-ring (bicyclic) bond motifs is 3. The number of hydrogen-bond donors (Lipinski definition) is 0. The molecule has 5 heterocycles. The van der Waals surface area contributed by atoms with E-state index >= 15 is 0 Å². The van der Waals surface area contributed by atoms with Crippen molar-refractivity contribution in [2.45, 2.75) is 0 Å². The summed E-state index contributed by atoms with van der Waals surface area (Å²) in [5, 5.41) is 0.770. The first-order chi connectivity index (χ1) is 13.3. The first-order valence-corrected chi connectivity index (χ1v) is 8.86. The van der Waals surface area contributed by atoms with Gasteiger partial charge in [0.1, 0.15) is 12.0 Å². The van der Waals surface area contributed by atoms with E-state index in [1.165, 1.54) is 0 Å². The Labute approximate surface area is 155 Å². The fourth-order valence-corrected chi connectivity index (χ4v) is 3.62. The molecule has 0 atom stereocenters. The van der Waals surface area contributed by atoms with Gasteiger partial charge in [0.2, 0.25) is 0 Å². The van der Waals surface area contributed by atoms with Crippen molar-refractivity contribution >= 4 is 22.5 Å². The van der Waals surface area contributed by atoms with Gasteiger partial charge in [-0.2, -0.15) is 0 Å². The third kappa shape index (κ3) is 2.55. The van der Waals surface area contributed by atoms with Crippen LogP contribution in [0, 0.1) is 0 Å². The van der Waals surface area contributed by atoms with Crippen molar-refractivity contribution in [3.63, 3.8) is 0 Å². The zero-order chi connectivity index (χ0) is 18.2. The molecule has 134 valence electrons. The van der Waals surface area contributed by atoms with E-state index in [2.05, 4.69) is 15.0 Å².